The molecule has 0 saturated heterocycles. The van der Waals surface area contributed by atoms with Crippen molar-refractivity contribution in [2.45, 2.75) is 19.4 Å². The summed E-state index contributed by atoms with van der Waals surface area (Å²) in [5.74, 6) is -1.50. The molecule has 0 aromatic carbocycles. The molecule has 0 heterocycles. The van der Waals surface area contributed by atoms with Crippen molar-refractivity contribution in [3.63, 3.8) is 0 Å². The van der Waals surface area contributed by atoms with Gasteiger partial charge in [-0.1, -0.05) is 0 Å². The van der Waals surface area contributed by atoms with Crippen LogP contribution in [0.5, 0.6) is 0 Å². The summed E-state index contributed by atoms with van der Waals surface area (Å²) < 4.78 is 15.2. The third-order valence-electron chi connectivity index (χ3n) is 1.97. The summed E-state index contributed by atoms with van der Waals surface area (Å²) in [6.07, 6.45) is 0.663. The van der Waals surface area contributed by atoms with Crippen LogP contribution in [0.3, 0.4) is 0 Å². The minimum atomic E-state index is -1.11. The molecule has 2 N–H and O–H groups in total. The van der Waals surface area contributed by atoms with Gasteiger partial charge in [-0.2, -0.15) is 0 Å². The fraction of sp³-hybridized carbons (Fsp3) is 0.818. The highest BCUT2D eigenvalue weighted by molar-refractivity contribution is 5.82. The Morgan fingerprint density at radius 2 is 1.83 bits per heavy atom. The summed E-state index contributed by atoms with van der Waals surface area (Å²) in [4.78, 5) is 21.5. The largest absolute Gasteiger partial charge is 0.480 e. The summed E-state index contributed by atoms with van der Waals surface area (Å²) in [6, 6.07) is -1.00. The highest BCUT2D eigenvalue weighted by Crippen LogP contribution is 1.91. The van der Waals surface area contributed by atoms with Crippen LogP contribution in [0.2, 0.25) is 0 Å². The standard InChI is InChI=1S/C11H21NO6/c1-9(13)12-10(11(14)15)8-18-5-3-4-17-7-6-16-2/h10H,3-8H2,1-2H3,(H,12,13)(H,14,15). The van der Waals surface area contributed by atoms with E-state index in [9.17, 15) is 9.59 Å². The summed E-state index contributed by atoms with van der Waals surface area (Å²) in [6.45, 7) is 3.20. The number of aliphatic carboxylic acids is 1. The molecule has 0 saturated carbocycles. The Kier molecular flexibility index (Phi) is 10.2. The molecule has 7 nitrogen and oxygen atoms in total. The van der Waals surface area contributed by atoms with Crippen molar-refractivity contribution in [2.24, 2.45) is 0 Å². The number of nitrogens with one attached hydrogen (secondary N) is 1. The van der Waals surface area contributed by atoms with E-state index in [2.05, 4.69) is 5.32 Å². The second-order valence-electron chi connectivity index (χ2n) is 3.62. The molecule has 0 aromatic rings. The van der Waals surface area contributed by atoms with Gasteiger partial charge in [-0.05, 0) is 6.42 Å². The van der Waals surface area contributed by atoms with E-state index in [0.717, 1.165) is 0 Å². The number of carboxylic acids is 1. The van der Waals surface area contributed by atoms with Crippen molar-refractivity contribution in [3.05, 3.63) is 0 Å². The van der Waals surface area contributed by atoms with Gasteiger partial charge < -0.3 is 24.6 Å². The van der Waals surface area contributed by atoms with E-state index in [1.165, 1.54) is 6.92 Å². The summed E-state index contributed by atoms with van der Waals surface area (Å²) in [5, 5.41) is 11.1. The molecule has 0 fully saturated rings. The first kappa shape index (κ1) is 16.8. The maximum Gasteiger partial charge on any atom is 0.328 e. The first-order chi connectivity index (χ1) is 8.57. The lowest BCUT2D eigenvalue weighted by molar-refractivity contribution is -0.143. The second-order valence-corrected chi connectivity index (χ2v) is 3.62. The third kappa shape index (κ3) is 10.0. The molecule has 0 aliphatic heterocycles. The Hall–Kier alpha value is -1.18. The molecule has 1 atom stereocenters. The number of methoxy groups -OCH3 is 1. The van der Waals surface area contributed by atoms with Gasteiger partial charge in [0.1, 0.15) is 0 Å². The van der Waals surface area contributed by atoms with E-state index in [1.54, 1.807) is 7.11 Å². The van der Waals surface area contributed by atoms with Gasteiger partial charge in [-0.15, -0.1) is 0 Å². The van der Waals surface area contributed by atoms with Crippen molar-refractivity contribution in [3.8, 4) is 0 Å². The van der Waals surface area contributed by atoms with Crippen LogP contribution in [-0.4, -0.2) is 63.2 Å². The SMILES string of the molecule is COCCOCCCOCC(NC(C)=O)C(=O)O. The molecule has 0 rings (SSSR count). The van der Waals surface area contributed by atoms with Crippen LogP contribution in [-0.2, 0) is 23.8 Å². The Bertz CT molecular complexity index is 246. The van der Waals surface area contributed by atoms with Gasteiger partial charge in [0.15, 0.2) is 6.04 Å². The number of carbonyl (C=O) groups excluding carboxylic acids is 1. The van der Waals surface area contributed by atoms with Gasteiger partial charge in [0.05, 0.1) is 19.8 Å². The number of rotatable bonds is 11. The highest BCUT2D eigenvalue weighted by Gasteiger charge is 2.17. The fourth-order valence-corrected chi connectivity index (χ4v) is 1.13. The molecular weight excluding hydrogens is 242 g/mol. The van der Waals surface area contributed by atoms with Crippen LogP contribution < -0.4 is 5.32 Å². The number of hydrogen-bond donors (Lipinski definition) is 2. The van der Waals surface area contributed by atoms with Crippen LogP contribution in [0.1, 0.15) is 13.3 Å². The Labute approximate surface area is 106 Å². The van der Waals surface area contributed by atoms with E-state index in [0.29, 0.717) is 32.8 Å². The first-order valence-corrected chi connectivity index (χ1v) is 5.72. The lowest BCUT2D eigenvalue weighted by Gasteiger charge is -2.13. The van der Waals surface area contributed by atoms with Crippen molar-refractivity contribution in [1.82, 2.24) is 5.32 Å². The zero-order chi connectivity index (χ0) is 13.8. The first-order valence-electron chi connectivity index (χ1n) is 5.72. The van der Waals surface area contributed by atoms with E-state index in [1.807, 2.05) is 0 Å². The molecular formula is C11H21NO6. The molecule has 1 amide bonds. The van der Waals surface area contributed by atoms with Crippen molar-refractivity contribution in [2.75, 3.05) is 40.1 Å². The topological polar surface area (TPSA) is 94.1 Å². The zero-order valence-electron chi connectivity index (χ0n) is 10.8. The lowest BCUT2D eigenvalue weighted by atomic mass is 10.3. The van der Waals surface area contributed by atoms with E-state index in [4.69, 9.17) is 19.3 Å². The summed E-state index contributed by atoms with van der Waals surface area (Å²) in [7, 11) is 1.60. The molecule has 0 bridgehead atoms. The van der Waals surface area contributed by atoms with Gasteiger partial charge in [0.2, 0.25) is 5.91 Å². The number of hydrogen-bond acceptors (Lipinski definition) is 5. The molecule has 0 radical (unpaired) electrons. The monoisotopic (exact) mass is 263 g/mol. The third-order valence-corrected chi connectivity index (χ3v) is 1.97. The molecule has 1 unspecified atom stereocenters. The molecule has 0 aliphatic rings. The maximum absolute atomic E-state index is 10.7. The quantitative estimate of drug-likeness (QED) is 0.495. The number of carbonyl (C=O) groups is 2. The Morgan fingerprint density at radius 1 is 1.17 bits per heavy atom. The lowest BCUT2D eigenvalue weighted by Crippen LogP contribution is -2.43. The summed E-state index contributed by atoms with van der Waals surface area (Å²) >= 11 is 0. The van der Waals surface area contributed by atoms with Gasteiger partial charge in [-0.25, -0.2) is 4.79 Å². The van der Waals surface area contributed by atoms with Crippen molar-refractivity contribution >= 4 is 11.9 Å². The van der Waals surface area contributed by atoms with Gasteiger partial charge in [0, 0.05) is 27.2 Å². The van der Waals surface area contributed by atoms with Crippen LogP contribution >= 0.6 is 0 Å². The average molecular weight is 263 g/mol. The molecule has 0 spiro atoms. The predicted molar refractivity (Wildman–Crippen MR) is 63.4 cm³/mol. The van der Waals surface area contributed by atoms with Crippen LogP contribution in [0.25, 0.3) is 0 Å². The van der Waals surface area contributed by atoms with E-state index >= 15 is 0 Å². The molecule has 7 heteroatoms. The van der Waals surface area contributed by atoms with Gasteiger partial charge in [-0.3, -0.25) is 4.79 Å². The number of ether oxygens (including phenoxy) is 3. The van der Waals surface area contributed by atoms with Crippen molar-refractivity contribution < 1.29 is 28.9 Å². The highest BCUT2D eigenvalue weighted by atomic mass is 16.5. The van der Waals surface area contributed by atoms with Crippen LogP contribution in [0, 0.1) is 0 Å². The fourth-order valence-electron chi connectivity index (χ4n) is 1.13. The molecule has 106 valence electrons. The Morgan fingerprint density at radius 3 is 2.39 bits per heavy atom. The smallest absolute Gasteiger partial charge is 0.328 e. The minimum Gasteiger partial charge on any atom is -0.480 e. The van der Waals surface area contributed by atoms with Gasteiger partial charge >= 0.3 is 5.97 Å². The zero-order valence-corrected chi connectivity index (χ0v) is 10.8. The average Bonchev–Trinajstić information content (AvgIpc) is 2.30. The predicted octanol–water partition coefficient (Wildman–Crippen LogP) is -0.355. The van der Waals surface area contributed by atoms with Crippen LogP contribution in [0.4, 0.5) is 0 Å². The van der Waals surface area contributed by atoms with Crippen LogP contribution in [0.15, 0.2) is 0 Å². The number of amides is 1. The minimum absolute atomic E-state index is 0.0486. The Balaban J connectivity index is 3.49. The van der Waals surface area contributed by atoms with Gasteiger partial charge in [0.25, 0.3) is 0 Å². The van der Waals surface area contributed by atoms with E-state index in [-0.39, 0.29) is 6.61 Å². The van der Waals surface area contributed by atoms with E-state index < -0.39 is 17.9 Å². The normalized spacial score (nSPS) is 12.1. The molecule has 18 heavy (non-hydrogen) atoms. The summed E-state index contributed by atoms with van der Waals surface area (Å²) in [5.41, 5.74) is 0. The maximum atomic E-state index is 10.7. The molecule has 0 aromatic heterocycles. The molecule has 0 aliphatic carbocycles. The number of carboxylic acid groups (broad SMARTS) is 1. The second kappa shape index (κ2) is 10.9. The van der Waals surface area contributed by atoms with Crippen molar-refractivity contribution in [1.29, 1.82) is 0 Å².